The van der Waals surface area contributed by atoms with Crippen molar-refractivity contribution in [2.24, 2.45) is 0 Å². The van der Waals surface area contributed by atoms with Crippen molar-refractivity contribution in [3.63, 3.8) is 0 Å². The molecule has 126 valence electrons. The number of carbonyl (C=O) groups excluding carboxylic acids is 1. The van der Waals surface area contributed by atoms with Gasteiger partial charge in [0.2, 0.25) is 0 Å². The number of fused-ring (bicyclic) bond motifs is 2. The van der Waals surface area contributed by atoms with E-state index in [9.17, 15) is 4.79 Å². The van der Waals surface area contributed by atoms with Gasteiger partial charge < -0.3 is 14.7 Å². The van der Waals surface area contributed by atoms with Gasteiger partial charge in [-0.3, -0.25) is 4.79 Å². The van der Waals surface area contributed by atoms with Gasteiger partial charge in [0, 0.05) is 33.6 Å². The van der Waals surface area contributed by atoms with E-state index in [0.717, 1.165) is 17.3 Å². The van der Waals surface area contributed by atoms with Crippen LogP contribution in [0.2, 0.25) is 5.02 Å². The van der Waals surface area contributed by atoms with E-state index >= 15 is 0 Å². The second-order valence-corrected chi connectivity index (χ2v) is 6.67. The third kappa shape index (κ3) is 3.13. The van der Waals surface area contributed by atoms with Crippen LogP contribution in [0.25, 0.3) is 21.9 Å². The maximum atomic E-state index is 12.5. The van der Waals surface area contributed by atoms with Crippen molar-refractivity contribution in [2.45, 2.75) is 19.4 Å². The number of rotatable bonds is 4. The average Bonchev–Trinajstić information content (AvgIpc) is 3.19. The van der Waals surface area contributed by atoms with Gasteiger partial charge in [-0.1, -0.05) is 29.8 Å². The predicted octanol–water partition coefficient (Wildman–Crippen LogP) is 4.93. The molecule has 2 aromatic carbocycles. The largest absolute Gasteiger partial charge is 0.451 e. The molecule has 0 radical (unpaired) electrons. The molecule has 1 atom stereocenters. The zero-order valence-electron chi connectivity index (χ0n) is 13.7. The third-order valence-electron chi connectivity index (χ3n) is 4.28. The zero-order chi connectivity index (χ0) is 17.4. The fourth-order valence-electron chi connectivity index (χ4n) is 3.10. The number of halogens is 1. The van der Waals surface area contributed by atoms with Crippen LogP contribution in [0.5, 0.6) is 0 Å². The Hall–Kier alpha value is -2.72. The van der Waals surface area contributed by atoms with Gasteiger partial charge in [0.1, 0.15) is 5.58 Å². The van der Waals surface area contributed by atoms with Gasteiger partial charge in [-0.05, 0) is 49.2 Å². The predicted molar refractivity (Wildman–Crippen MR) is 100 cm³/mol. The summed E-state index contributed by atoms with van der Waals surface area (Å²) in [5.74, 6) is 0.0720. The molecule has 2 aromatic heterocycles. The first-order chi connectivity index (χ1) is 12.1. The minimum atomic E-state index is -0.223. The Labute approximate surface area is 149 Å². The van der Waals surface area contributed by atoms with Gasteiger partial charge in [-0.25, -0.2) is 0 Å². The number of aromatic amines is 1. The first-order valence-corrected chi connectivity index (χ1v) is 8.53. The number of carbonyl (C=O) groups is 1. The Morgan fingerprint density at radius 3 is 2.96 bits per heavy atom. The maximum absolute atomic E-state index is 12.5. The van der Waals surface area contributed by atoms with Crippen molar-refractivity contribution >= 4 is 39.4 Å². The minimum absolute atomic E-state index is 0.0245. The van der Waals surface area contributed by atoms with E-state index in [4.69, 9.17) is 16.0 Å². The fraction of sp³-hybridized carbons (Fsp3) is 0.150. The lowest BCUT2D eigenvalue weighted by molar-refractivity contribution is 0.0914. The Morgan fingerprint density at radius 1 is 1.24 bits per heavy atom. The van der Waals surface area contributed by atoms with Crippen molar-refractivity contribution in [3.05, 3.63) is 71.1 Å². The fourth-order valence-corrected chi connectivity index (χ4v) is 3.28. The number of nitrogens with one attached hydrogen (secondary N) is 2. The summed E-state index contributed by atoms with van der Waals surface area (Å²) in [4.78, 5) is 15.7. The molecule has 1 unspecified atom stereocenters. The summed E-state index contributed by atoms with van der Waals surface area (Å²) in [5.41, 5.74) is 2.93. The topological polar surface area (TPSA) is 58.0 Å². The van der Waals surface area contributed by atoms with Crippen LogP contribution in [0.3, 0.4) is 0 Å². The highest BCUT2D eigenvalue weighted by Gasteiger charge is 2.16. The van der Waals surface area contributed by atoms with Crippen LogP contribution in [-0.4, -0.2) is 16.9 Å². The molecule has 4 nitrogen and oxygen atoms in total. The van der Waals surface area contributed by atoms with Crippen LogP contribution in [0.15, 0.2) is 59.1 Å². The van der Waals surface area contributed by atoms with Crippen LogP contribution < -0.4 is 5.32 Å². The number of H-pyrrole nitrogens is 1. The van der Waals surface area contributed by atoms with Crippen molar-refractivity contribution in [1.29, 1.82) is 0 Å². The molecule has 2 heterocycles. The van der Waals surface area contributed by atoms with E-state index in [-0.39, 0.29) is 11.9 Å². The molecule has 0 saturated carbocycles. The van der Waals surface area contributed by atoms with Crippen molar-refractivity contribution in [2.75, 3.05) is 0 Å². The summed E-state index contributed by atoms with van der Waals surface area (Å²) in [6, 6.07) is 15.1. The first kappa shape index (κ1) is 15.8. The van der Waals surface area contributed by atoms with Crippen LogP contribution in [0, 0.1) is 0 Å². The Morgan fingerprint density at radius 2 is 2.08 bits per heavy atom. The van der Waals surface area contributed by atoms with Gasteiger partial charge in [0.05, 0.1) is 0 Å². The molecule has 1 amide bonds. The van der Waals surface area contributed by atoms with Gasteiger partial charge >= 0.3 is 0 Å². The molecule has 4 aromatic rings. The van der Waals surface area contributed by atoms with E-state index in [1.807, 2.05) is 31.3 Å². The molecule has 0 aliphatic rings. The second-order valence-electron chi connectivity index (χ2n) is 6.23. The molecular weight excluding hydrogens is 336 g/mol. The van der Waals surface area contributed by atoms with Gasteiger partial charge in [0.25, 0.3) is 5.91 Å². The van der Waals surface area contributed by atoms with Crippen LogP contribution in [0.1, 0.15) is 23.0 Å². The standard InChI is InChI=1S/C20H17ClN2O2/c1-12(8-14-11-22-17-5-3-2-4-16(14)17)23-20(24)19-10-13-9-15(21)6-7-18(13)25-19/h2-7,9-12,22H,8H2,1H3,(H,23,24). The number of para-hydroxylation sites is 1. The highest BCUT2D eigenvalue weighted by molar-refractivity contribution is 6.31. The van der Waals surface area contributed by atoms with Crippen LogP contribution >= 0.6 is 11.6 Å². The number of furan rings is 1. The number of benzene rings is 2. The summed E-state index contributed by atoms with van der Waals surface area (Å²) < 4.78 is 5.61. The Balaban J connectivity index is 1.49. The van der Waals surface area contributed by atoms with Gasteiger partial charge in [-0.2, -0.15) is 0 Å². The lowest BCUT2D eigenvalue weighted by atomic mass is 10.1. The summed E-state index contributed by atoms with van der Waals surface area (Å²) in [7, 11) is 0. The highest BCUT2D eigenvalue weighted by atomic mass is 35.5. The summed E-state index contributed by atoms with van der Waals surface area (Å²) >= 11 is 5.97. The Kier molecular flexibility index (Phi) is 3.98. The molecule has 0 aliphatic carbocycles. The first-order valence-electron chi connectivity index (χ1n) is 8.15. The molecule has 0 spiro atoms. The second kappa shape index (κ2) is 6.30. The van der Waals surface area contributed by atoms with Gasteiger partial charge in [0.15, 0.2) is 5.76 Å². The number of aromatic nitrogens is 1. The van der Waals surface area contributed by atoms with Crippen LogP contribution in [0.4, 0.5) is 0 Å². The molecule has 2 N–H and O–H groups in total. The molecule has 0 fully saturated rings. The monoisotopic (exact) mass is 352 g/mol. The molecular formula is C20H17ClN2O2. The van der Waals surface area contributed by atoms with E-state index in [0.29, 0.717) is 16.4 Å². The summed E-state index contributed by atoms with van der Waals surface area (Å²) in [6.45, 7) is 1.99. The Bertz CT molecular complexity index is 1060. The van der Waals surface area contributed by atoms with E-state index in [2.05, 4.69) is 16.4 Å². The smallest absolute Gasteiger partial charge is 0.287 e. The lowest BCUT2D eigenvalue weighted by Gasteiger charge is -2.12. The maximum Gasteiger partial charge on any atom is 0.287 e. The summed E-state index contributed by atoms with van der Waals surface area (Å²) in [6.07, 6.45) is 2.73. The molecule has 0 saturated heterocycles. The summed E-state index contributed by atoms with van der Waals surface area (Å²) in [5, 5.41) is 5.62. The molecule has 5 heteroatoms. The molecule has 0 aliphatic heterocycles. The van der Waals surface area contributed by atoms with Crippen LogP contribution in [-0.2, 0) is 6.42 Å². The van der Waals surface area contributed by atoms with E-state index in [1.165, 1.54) is 10.9 Å². The minimum Gasteiger partial charge on any atom is -0.451 e. The van der Waals surface area contributed by atoms with Gasteiger partial charge in [-0.15, -0.1) is 0 Å². The normalized spacial score (nSPS) is 12.6. The van der Waals surface area contributed by atoms with Crippen molar-refractivity contribution in [3.8, 4) is 0 Å². The lowest BCUT2D eigenvalue weighted by Crippen LogP contribution is -2.33. The number of amides is 1. The molecule has 4 rings (SSSR count). The molecule has 25 heavy (non-hydrogen) atoms. The van der Waals surface area contributed by atoms with E-state index in [1.54, 1.807) is 24.3 Å². The van der Waals surface area contributed by atoms with Crippen molar-refractivity contribution < 1.29 is 9.21 Å². The average molecular weight is 353 g/mol. The number of hydrogen-bond acceptors (Lipinski definition) is 2. The zero-order valence-corrected chi connectivity index (χ0v) is 14.4. The van der Waals surface area contributed by atoms with E-state index < -0.39 is 0 Å². The highest BCUT2D eigenvalue weighted by Crippen LogP contribution is 2.23. The quantitative estimate of drug-likeness (QED) is 0.547. The third-order valence-corrected chi connectivity index (χ3v) is 4.52. The molecule has 0 bridgehead atoms. The SMILES string of the molecule is CC(Cc1c[nH]c2ccccc12)NC(=O)c1cc2cc(Cl)ccc2o1. The number of hydrogen-bond donors (Lipinski definition) is 2. The van der Waals surface area contributed by atoms with Crippen molar-refractivity contribution in [1.82, 2.24) is 10.3 Å².